The van der Waals surface area contributed by atoms with E-state index in [9.17, 15) is 9.90 Å². The largest absolute Gasteiger partial charge is 0.495 e. The summed E-state index contributed by atoms with van der Waals surface area (Å²) in [6.45, 7) is 1.65. The van der Waals surface area contributed by atoms with E-state index in [1.807, 2.05) is 24.3 Å². The molecule has 0 bridgehead atoms. The Bertz CT molecular complexity index is 854. The number of nitrogens with zero attached hydrogens (tertiary/aromatic N) is 1. The van der Waals surface area contributed by atoms with E-state index >= 15 is 0 Å². The summed E-state index contributed by atoms with van der Waals surface area (Å²) in [6.07, 6.45) is 1.25. The lowest BCUT2D eigenvalue weighted by Crippen LogP contribution is -2.36. The Labute approximate surface area is 175 Å². The van der Waals surface area contributed by atoms with Crippen molar-refractivity contribution in [3.8, 4) is 11.5 Å². The molecule has 0 unspecified atom stereocenters. The fraction of sp³-hybridized carbons (Fsp3) is 0.381. The minimum absolute atomic E-state index is 0.0836. The number of aliphatic hydroxyl groups excluding tert-OH is 1. The predicted molar refractivity (Wildman–Crippen MR) is 116 cm³/mol. The highest BCUT2D eigenvalue weighted by Crippen LogP contribution is 2.36. The van der Waals surface area contributed by atoms with Crippen LogP contribution in [0.15, 0.2) is 36.4 Å². The first kappa shape index (κ1) is 21.1. The van der Waals surface area contributed by atoms with Crippen molar-refractivity contribution in [2.75, 3.05) is 49.4 Å². The summed E-state index contributed by atoms with van der Waals surface area (Å²) in [4.78, 5) is 14.7. The molecule has 8 heteroatoms. The first-order valence-electron chi connectivity index (χ1n) is 9.49. The number of carbonyl (C=O) groups excluding carboxylic acids is 1. The quantitative estimate of drug-likeness (QED) is 0.638. The fourth-order valence-corrected chi connectivity index (χ4v) is 3.57. The van der Waals surface area contributed by atoms with Gasteiger partial charge in [-0.05, 0) is 31.0 Å². The lowest BCUT2D eigenvalue weighted by molar-refractivity contribution is -0.114. The van der Waals surface area contributed by atoms with Gasteiger partial charge in [0, 0.05) is 19.2 Å². The third kappa shape index (κ3) is 5.25. The predicted octanol–water partition coefficient (Wildman–Crippen LogP) is 3.37. The number of hydrogen-bond donors (Lipinski definition) is 3. The second-order valence-electron chi connectivity index (χ2n) is 6.82. The van der Waals surface area contributed by atoms with Crippen molar-refractivity contribution in [2.45, 2.75) is 18.9 Å². The van der Waals surface area contributed by atoms with Crippen LogP contribution in [0.3, 0.4) is 0 Å². The molecule has 2 aromatic carbocycles. The Balaban J connectivity index is 1.65. The summed E-state index contributed by atoms with van der Waals surface area (Å²) >= 11 is 6.16. The molecule has 1 saturated heterocycles. The number of nitrogens with one attached hydrogen (secondary N) is 2. The van der Waals surface area contributed by atoms with Gasteiger partial charge in [0.1, 0.15) is 11.5 Å². The van der Waals surface area contributed by atoms with E-state index in [4.69, 9.17) is 21.1 Å². The summed E-state index contributed by atoms with van der Waals surface area (Å²) in [5, 5.41) is 16.1. The van der Waals surface area contributed by atoms with Crippen LogP contribution in [0.4, 0.5) is 17.1 Å². The van der Waals surface area contributed by atoms with Gasteiger partial charge in [0.2, 0.25) is 5.91 Å². The molecule has 3 N–H and O–H groups in total. The molecule has 156 valence electrons. The Morgan fingerprint density at radius 2 is 1.83 bits per heavy atom. The van der Waals surface area contributed by atoms with Gasteiger partial charge < -0.3 is 30.1 Å². The second kappa shape index (κ2) is 9.71. The number of benzene rings is 2. The number of hydrogen-bond acceptors (Lipinski definition) is 6. The van der Waals surface area contributed by atoms with Crippen LogP contribution in [0.5, 0.6) is 11.5 Å². The van der Waals surface area contributed by atoms with E-state index in [1.54, 1.807) is 12.1 Å². The third-order valence-electron chi connectivity index (χ3n) is 4.90. The summed E-state index contributed by atoms with van der Waals surface area (Å²) in [7, 11) is 3.03. The summed E-state index contributed by atoms with van der Waals surface area (Å²) < 4.78 is 10.5. The molecule has 1 amide bonds. The molecule has 7 nitrogen and oxygen atoms in total. The zero-order chi connectivity index (χ0) is 20.8. The molecule has 0 atom stereocenters. The lowest BCUT2D eigenvalue weighted by atomic mass is 10.1. The van der Waals surface area contributed by atoms with E-state index in [0.717, 1.165) is 37.3 Å². The topological polar surface area (TPSA) is 83.1 Å². The Morgan fingerprint density at radius 3 is 2.52 bits per heavy atom. The van der Waals surface area contributed by atoms with Crippen LogP contribution >= 0.6 is 11.6 Å². The number of amides is 1. The van der Waals surface area contributed by atoms with E-state index in [2.05, 4.69) is 15.5 Å². The minimum Gasteiger partial charge on any atom is -0.495 e. The van der Waals surface area contributed by atoms with Gasteiger partial charge in [0.25, 0.3) is 0 Å². The lowest BCUT2D eigenvalue weighted by Gasteiger charge is -2.32. The van der Waals surface area contributed by atoms with Gasteiger partial charge in [-0.15, -0.1) is 0 Å². The zero-order valence-electron chi connectivity index (χ0n) is 16.6. The Hall–Kier alpha value is -2.64. The number of methoxy groups -OCH3 is 2. The summed E-state index contributed by atoms with van der Waals surface area (Å²) in [6, 6.07) is 11.1. The third-order valence-corrected chi connectivity index (χ3v) is 5.19. The smallest absolute Gasteiger partial charge is 0.243 e. The van der Waals surface area contributed by atoms with Crippen LogP contribution in [0, 0.1) is 0 Å². The zero-order valence-corrected chi connectivity index (χ0v) is 17.3. The normalized spacial score (nSPS) is 14.4. The second-order valence-corrected chi connectivity index (χ2v) is 7.23. The maximum Gasteiger partial charge on any atom is 0.243 e. The SMILES string of the molecule is COc1cc(OC)c(NC(=O)CNc2ccccc2N2CCC(O)CC2)cc1Cl. The monoisotopic (exact) mass is 419 g/mol. The first-order valence-corrected chi connectivity index (χ1v) is 9.87. The maximum atomic E-state index is 12.5. The number of aliphatic hydroxyl groups is 1. The van der Waals surface area contributed by atoms with Crippen LogP contribution in [-0.2, 0) is 4.79 Å². The van der Waals surface area contributed by atoms with E-state index < -0.39 is 0 Å². The van der Waals surface area contributed by atoms with E-state index in [-0.39, 0.29) is 18.6 Å². The molecular weight excluding hydrogens is 394 g/mol. The Morgan fingerprint density at radius 1 is 1.14 bits per heavy atom. The number of piperidine rings is 1. The van der Waals surface area contributed by atoms with Gasteiger partial charge in [-0.2, -0.15) is 0 Å². The molecular formula is C21H26ClN3O4. The fourth-order valence-electron chi connectivity index (χ4n) is 3.33. The number of anilines is 3. The van der Waals surface area contributed by atoms with Gasteiger partial charge in [-0.25, -0.2) is 0 Å². The highest BCUT2D eigenvalue weighted by atomic mass is 35.5. The van der Waals surface area contributed by atoms with Gasteiger partial charge in [0.05, 0.1) is 49.0 Å². The van der Waals surface area contributed by atoms with Crippen LogP contribution in [0.1, 0.15) is 12.8 Å². The maximum absolute atomic E-state index is 12.5. The highest BCUT2D eigenvalue weighted by molar-refractivity contribution is 6.32. The van der Waals surface area contributed by atoms with Crippen molar-refractivity contribution in [3.63, 3.8) is 0 Å². The average Bonchev–Trinajstić information content (AvgIpc) is 2.73. The van der Waals surface area contributed by atoms with Crippen LogP contribution in [-0.4, -0.2) is 51.0 Å². The van der Waals surface area contributed by atoms with Crippen molar-refractivity contribution in [2.24, 2.45) is 0 Å². The standard InChI is InChI=1S/C21H26ClN3O4/c1-28-19-12-20(29-2)17(11-15(19)22)24-21(27)13-23-16-5-3-4-6-18(16)25-9-7-14(26)8-10-25/h3-6,11-12,14,23,26H,7-10,13H2,1-2H3,(H,24,27). The number of para-hydroxylation sites is 2. The highest BCUT2D eigenvalue weighted by Gasteiger charge is 2.19. The van der Waals surface area contributed by atoms with Crippen molar-refractivity contribution in [3.05, 3.63) is 41.4 Å². The minimum atomic E-state index is -0.233. The number of carbonyl (C=O) groups is 1. The Kier molecular flexibility index (Phi) is 7.06. The number of ether oxygens (including phenoxy) is 2. The molecule has 29 heavy (non-hydrogen) atoms. The van der Waals surface area contributed by atoms with E-state index in [1.165, 1.54) is 14.2 Å². The molecule has 0 spiro atoms. The average molecular weight is 420 g/mol. The molecule has 0 aromatic heterocycles. The molecule has 1 aliphatic heterocycles. The molecule has 1 aliphatic rings. The molecule has 1 heterocycles. The van der Waals surface area contributed by atoms with Crippen LogP contribution < -0.4 is 25.0 Å². The summed E-state index contributed by atoms with van der Waals surface area (Å²) in [5.41, 5.74) is 2.37. The van der Waals surface area contributed by atoms with Gasteiger partial charge >= 0.3 is 0 Å². The van der Waals surface area contributed by atoms with Gasteiger partial charge in [-0.3, -0.25) is 4.79 Å². The first-order chi connectivity index (χ1) is 14.0. The number of halogens is 1. The number of rotatable bonds is 7. The molecule has 0 radical (unpaired) electrons. The molecule has 0 saturated carbocycles. The van der Waals surface area contributed by atoms with E-state index in [0.29, 0.717) is 22.2 Å². The molecule has 2 aromatic rings. The molecule has 0 aliphatic carbocycles. The van der Waals surface area contributed by atoms with Crippen molar-refractivity contribution in [1.82, 2.24) is 0 Å². The van der Waals surface area contributed by atoms with Crippen LogP contribution in [0.2, 0.25) is 5.02 Å². The van der Waals surface area contributed by atoms with Crippen molar-refractivity contribution in [1.29, 1.82) is 0 Å². The summed E-state index contributed by atoms with van der Waals surface area (Å²) in [5.74, 6) is 0.709. The van der Waals surface area contributed by atoms with Crippen LogP contribution in [0.25, 0.3) is 0 Å². The van der Waals surface area contributed by atoms with Crippen molar-refractivity contribution < 1.29 is 19.4 Å². The van der Waals surface area contributed by atoms with Gasteiger partial charge in [-0.1, -0.05) is 23.7 Å². The van der Waals surface area contributed by atoms with Gasteiger partial charge in [0.15, 0.2) is 0 Å². The molecule has 3 rings (SSSR count). The van der Waals surface area contributed by atoms with Crippen molar-refractivity contribution >= 4 is 34.6 Å². The molecule has 1 fully saturated rings.